The van der Waals surface area contributed by atoms with Crippen LogP contribution < -0.4 is 5.73 Å². The minimum atomic E-state index is -0.659. The summed E-state index contributed by atoms with van der Waals surface area (Å²) in [5.74, 6) is -0.659. The van der Waals surface area contributed by atoms with Crippen LogP contribution in [0, 0.1) is 0 Å². The third-order valence-electron chi connectivity index (χ3n) is 2.91. The molecule has 0 aliphatic heterocycles. The third-order valence-corrected chi connectivity index (χ3v) is 2.91. The molecular weight excluding hydrogens is 278 g/mol. The average Bonchev–Trinajstić information content (AvgIpc) is 2.37. The Morgan fingerprint density at radius 3 is 1.60 bits per heavy atom. The maximum Gasteiger partial charge on any atom is 0.303 e. The number of nitrogens with two attached hydrogens (primary N) is 1. The second kappa shape index (κ2) is 21.0. The van der Waals surface area contributed by atoms with E-state index in [0.29, 0.717) is 12.8 Å². The Bertz CT molecular complexity index is 190. The molecule has 0 heterocycles. The molecule has 0 rings (SSSR count). The van der Waals surface area contributed by atoms with Crippen LogP contribution >= 0.6 is 12.4 Å². The highest BCUT2D eigenvalue weighted by atomic mass is 35.5. The van der Waals surface area contributed by atoms with E-state index >= 15 is 0 Å². The van der Waals surface area contributed by atoms with Crippen molar-refractivity contribution in [2.45, 2.75) is 90.7 Å². The zero-order valence-electron chi connectivity index (χ0n) is 13.1. The summed E-state index contributed by atoms with van der Waals surface area (Å²) in [6.07, 6.45) is 11.5. The molecule has 4 nitrogen and oxygen atoms in total. The zero-order valence-corrected chi connectivity index (χ0v) is 14.0. The first-order chi connectivity index (χ1) is 9.04. The number of aliphatic hydroxyl groups is 1. The first kappa shape index (κ1) is 24.7. The Hall–Kier alpha value is -0.320. The quantitative estimate of drug-likeness (QED) is 0.396. The van der Waals surface area contributed by atoms with Crippen molar-refractivity contribution in [1.29, 1.82) is 0 Å². The largest absolute Gasteiger partial charge is 0.481 e. The molecule has 0 radical (unpaired) electrons. The lowest BCUT2D eigenvalue weighted by molar-refractivity contribution is -0.137. The Kier molecular flexibility index (Phi) is 25.9. The number of carbonyl (C=O) groups is 1. The Morgan fingerprint density at radius 2 is 1.30 bits per heavy atom. The monoisotopic (exact) mass is 311 g/mol. The summed E-state index contributed by atoms with van der Waals surface area (Å²) in [7, 11) is 0. The lowest BCUT2D eigenvalue weighted by Crippen LogP contribution is -2.16. The molecule has 0 fully saturated rings. The van der Waals surface area contributed by atoms with Crippen molar-refractivity contribution in [2.75, 3.05) is 0 Å². The fraction of sp³-hybridized carbons (Fsp3) is 0.933. The summed E-state index contributed by atoms with van der Waals surface area (Å²) in [6.45, 7) is 4.05. The fourth-order valence-corrected chi connectivity index (χ4v) is 1.59. The molecule has 0 aromatic carbocycles. The van der Waals surface area contributed by atoms with E-state index in [-0.39, 0.29) is 12.4 Å². The molecule has 0 aliphatic carbocycles. The van der Waals surface area contributed by atoms with Crippen LogP contribution in [-0.2, 0) is 4.79 Å². The van der Waals surface area contributed by atoms with Crippen LogP contribution in [-0.4, -0.2) is 22.4 Å². The number of halogens is 1. The van der Waals surface area contributed by atoms with Crippen LogP contribution in [0.2, 0.25) is 0 Å². The van der Waals surface area contributed by atoms with Crippen LogP contribution in [0.5, 0.6) is 0 Å². The zero-order chi connectivity index (χ0) is 14.9. The van der Waals surface area contributed by atoms with Gasteiger partial charge >= 0.3 is 5.97 Å². The molecule has 0 aliphatic rings. The second-order valence-electron chi connectivity index (χ2n) is 4.95. The van der Waals surface area contributed by atoms with Gasteiger partial charge < -0.3 is 15.9 Å². The minimum Gasteiger partial charge on any atom is -0.481 e. The van der Waals surface area contributed by atoms with Gasteiger partial charge in [0.05, 0.1) is 0 Å². The first-order valence-corrected chi connectivity index (χ1v) is 7.70. The number of hydrogen-bond donors (Lipinski definition) is 3. The van der Waals surface area contributed by atoms with Crippen LogP contribution in [0.15, 0.2) is 0 Å². The van der Waals surface area contributed by atoms with Crippen LogP contribution in [0.25, 0.3) is 0 Å². The van der Waals surface area contributed by atoms with Crippen molar-refractivity contribution < 1.29 is 15.0 Å². The molecule has 0 saturated carbocycles. The molecule has 1 unspecified atom stereocenters. The van der Waals surface area contributed by atoms with Crippen molar-refractivity contribution in [1.82, 2.24) is 0 Å². The highest BCUT2D eigenvalue weighted by molar-refractivity contribution is 5.85. The summed E-state index contributed by atoms with van der Waals surface area (Å²) in [5, 5.41) is 16.6. The average molecular weight is 312 g/mol. The van der Waals surface area contributed by atoms with Crippen LogP contribution in [0.3, 0.4) is 0 Å². The molecule has 0 bridgehead atoms. The smallest absolute Gasteiger partial charge is 0.303 e. The van der Waals surface area contributed by atoms with Crippen molar-refractivity contribution >= 4 is 18.4 Å². The summed E-state index contributed by atoms with van der Waals surface area (Å²) in [6, 6.07) is 0. The number of hydrogen-bond acceptors (Lipinski definition) is 3. The molecule has 0 amide bonds. The van der Waals surface area contributed by atoms with Gasteiger partial charge in [0.1, 0.15) is 6.23 Å². The number of aliphatic hydroxyl groups excluding tert-OH is 1. The van der Waals surface area contributed by atoms with Crippen molar-refractivity contribution in [3.63, 3.8) is 0 Å². The van der Waals surface area contributed by atoms with E-state index in [1.54, 1.807) is 0 Å². The summed E-state index contributed by atoms with van der Waals surface area (Å²) in [4.78, 5) is 10.2. The van der Waals surface area contributed by atoms with Crippen LogP contribution in [0.4, 0.5) is 0 Å². The fourth-order valence-electron chi connectivity index (χ4n) is 1.59. The predicted molar refractivity (Wildman–Crippen MR) is 87.2 cm³/mol. The normalized spacial score (nSPS) is 11.0. The molecule has 0 spiro atoms. The van der Waals surface area contributed by atoms with Gasteiger partial charge in [-0.25, -0.2) is 0 Å². The van der Waals surface area contributed by atoms with Crippen molar-refractivity contribution in [3.8, 4) is 0 Å². The highest BCUT2D eigenvalue weighted by Gasteiger charge is 1.96. The molecule has 0 saturated heterocycles. The van der Waals surface area contributed by atoms with E-state index in [9.17, 15) is 4.79 Å². The van der Waals surface area contributed by atoms with Gasteiger partial charge in [0, 0.05) is 6.42 Å². The van der Waals surface area contributed by atoms with Gasteiger partial charge in [-0.1, -0.05) is 65.2 Å². The van der Waals surface area contributed by atoms with Crippen molar-refractivity contribution in [2.24, 2.45) is 5.73 Å². The molecule has 1 atom stereocenters. The van der Waals surface area contributed by atoms with E-state index < -0.39 is 12.2 Å². The van der Waals surface area contributed by atoms with E-state index in [4.69, 9.17) is 15.9 Å². The molecule has 0 aromatic heterocycles. The number of aliphatic carboxylic acids is 1. The molecular formula is C15H34ClNO3. The summed E-state index contributed by atoms with van der Waals surface area (Å²) < 4.78 is 0. The topological polar surface area (TPSA) is 83.5 Å². The van der Waals surface area contributed by atoms with E-state index in [2.05, 4.69) is 6.92 Å². The highest BCUT2D eigenvalue weighted by Crippen LogP contribution is 2.10. The second-order valence-corrected chi connectivity index (χ2v) is 4.95. The number of carboxylic acids is 1. The maximum atomic E-state index is 10.2. The van der Waals surface area contributed by atoms with Gasteiger partial charge in [-0.15, -0.1) is 12.4 Å². The molecule has 4 N–H and O–H groups in total. The minimum absolute atomic E-state index is 0. The summed E-state index contributed by atoms with van der Waals surface area (Å²) in [5.41, 5.74) is 4.85. The molecule has 0 aromatic rings. The van der Waals surface area contributed by atoms with E-state index in [0.717, 1.165) is 12.8 Å². The summed E-state index contributed by atoms with van der Waals surface area (Å²) >= 11 is 0. The van der Waals surface area contributed by atoms with Gasteiger partial charge in [0.25, 0.3) is 0 Å². The van der Waals surface area contributed by atoms with Crippen LogP contribution in [0.1, 0.15) is 84.5 Å². The lowest BCUT2D eigenvalue weighted by Gasteiger charge is -2.00. The lowest BCUT2D eigenvalue weighted by atomic mass is 10.1. The van der Waals surface area contributed by atoms with Gasteiger partial charge in [-0.2, -0.15) is 0 Å². The van der Waals surface area contributed by atoms with E-state index in [1.807, 2.05) is 6.92 Å². The number of carboxylic acid groups (broad SMARTS) is 1. The predicted octanol–water partition coefficient (Wildman–Crippen LogP) is 4.09. The SMILES string of the molecule is CCC(N)O.CCCCCCCCCCCC(=O)O.Cl. The third kappa shape index (κ3) is 30.6. The Balaban J connectivity index is -0.000000414. The molecule has 5 heteroatoms. The maximum absolute atomic E-state index is 10.2. The Morgan fingerprint density at radius 1 is 0.950 bits per heavy atom. The van der Waals surface area contributed by atoms with Gasteiger partial charge in [0.15, 0.2) is 0 Å². The van der Waals surface area contributed by atoms with Gasteiger partial charge in [-0.05, 0) is 12.8 Å². The van der Waals surface area contributed by atoms with E-state index in [1.165, 1.54) is 44.9 Å². The molecule has 124 valence electrons. The first-order valence-electron chi connectivity index (χ1n) is 7.70. The number of rotatable bonds is 11. The van der Waals surface area contributed by atoms with Gasteiger partial charge in [0.2, 0.25) is 0 Å². The van der Waals surface area contributed by atoms with Crippen molar-refractivity contribution in [3.05, 3.63) is 0 Å². The standard InChI is InChI=1S/C12H24O2.C3H9NO.ClH/c1-2-3-4-5-6-7-8-9-10-11-12(13)14;1-2-3(4)5;/h2-11H2,1H3,(H,13,14);3,5H,2,4H2,1H3;1H. The Labute approximate surface area is 130 Å². The van der Waals surface area contributed by atoms with Gasteiger partial charge in [-0.3, -0.25) is 4.79 Å². The number of unbranched alkanes of at least 4 members (excludes halogenated alkanes) is 8. The molecule has 20 heavy (non-hydrogen) atoms.